The number of hydrogen-bond donors (Lipinski definition) is 2. The van der Waals surface area contributed by atoms with Gasteiger partial charge in [0.25, 0.3) is 0 Å². The number of rotatable bonds is 4. The van der Waals surface area contributed by atoms with E-state index in [0.29, 0.717) is 19.8 Å². The number of fused-ring (bicyclic) bond motifs is 1. The Labute approximate surface area is 126 Å². The zero-order chi connectivity index (χ0) is 14.5. The maximum Gasteiger partial charge on any atom is 0.161 e. The van der Waals surface area contributed by atoms with Gasteiger partial charge in [0.1, 0.15) is 13.2 Å². The maximum absolute atomic E-state index is 10.6. The summed E-state index contributed by atoms with van der Waals surface area (Å²) in [5, 5.41) is 14.0. The maximum atomic E-state index is 10.6. The summed E-state index contributed by atoms with van der Waals surface area (Å²) < 4.78 is 11.1. The molecule has 1 heterocycles. The molecule has 0 aromatic heterocycles. The normalized spacial score (nSPS) is 20.8. The van der Waals surface area contributed by atoms with Crippen LogP contribution < -0.4 is 14.8 Å². The molecule has 1 aliphatic carbocycles. The fraction of sp³-hybridized carbons (Fsp3) is 0.647. The predicted molar refractivity (Wildman–Crippen MR) is 81.8 cm³/mol. The number of nitrogens with one attached hydrogen (secondary N) is 1. The molecule has 0 unspecified atom stereocenters. The molecule has 0 saturated heterocycles. The Hall–Kier alpha value is -1.26. The minimum Gasteiger partial charge on any atom is -0.486 e. The van der Waals surface area contributed by atoms with Crippen LogP contribution in [0.2, 0.25) is 0 Å². The van der Waals surface area contributed by atoms with Crippen molar-refractivity contribution in [2.24, 2.45) is 0 Å². The lowest BCUT2D eigenvalue weighted by Gasteiger charge is -2.27. The lowest BCUT2D eigenvalue weighted by atomic mass is 9.94. The monoisotopic (exact) mass is 291 g/mol. The quantitative estimate of drug-likeness (QED) is 0.837. The molecule has 0 atom stereocenters. The van der Waals surface area contributed by atoms with Crippen molar-refractivity contribution < 1.29 is 14.6 Å². The van der Waals surface area contributed by atoms with Crippen molar-refractivity contribution in [2.45, 2.75) is 50.7 Å². The van der Waals surface area contributed by atoms with Gasteiger partial charge in [-0.3, -0.25) is 0 Å². The highest BCUT2D eigenvalue weighted by Crippen LogP contribution is 2.31. The summed E-state index contributed by atoms with van der Waals surface area (Å²) in [6.07, 6.45) is 6.63. The summed E-state index contributed by atoms with van der Waals surface area (Å²) >= 11 is 0. The molecule has 4 heteroatoms. The van der Waals surface area contributed by atoms with Gasteiger partial charge in [-0.25, -0.2) is 0 Å². The summed E-state index contributed by atoms with van der Waals surface area (Å²) in [6, 6.07) is 6.04. The molecular weight excluding hydrogens is 266 g/mol. The van der Waals surface area contributed by atoms with Crippen molar-refractivity contribution >= 4 is 0 Å². The van der Waals surface area contributed by atoms with Crippen molar-refractivity contribution in [1.29, 1.82) is 0 Å². The first-order valence-electron chi connectivity index (χ1n) is 8.07. The third-order valence-corrected chi connectivity index (χ3v) is 4.42. The molecule has 116 valence electrons. The van der Waals surface area contributed by atoms with Crippen LogP contribution in [0.5, 0.6) is 11.5 Å². The average molecular weight is 291 g/mol. The Morgan fingerprint density at radius 2 is 1.71 bits per heavy atom. The standard InChI is InChI=1S/C17H25NO3/c19-17(7-3-1-2-4-8-17)13-18-12-14-5-6-15-16(11-14)21-10-9-20-15/h5-6,11,18-19H,1-4,7-10,12-13H2. The van der Waals surface area contributed by atoms with Crippen LogP contribution in [0.4, 0.5) is 0 Å². The van der Waals surface area contributed by atoms with E-state index in [4.69, 9.17) is 9.47 Å². The van der Waals surface area contributed by atoms with Gasteiger partial charge in [0.2, 0.25) is 0 Å². The second kappa shape index (κ2) is 6.67. The van der Waals surface area contributed by atoms with Gasteiger partial charge in [-0.1, -0.05) is 31.7 Å². The molecule has 0 radical (unpaired) electrons. The van der Waals surface area contributed by atoms with Crippen molar-refractivity contribution in [1.82, 2.24) is 5.32 Å². The van der Waals surface area contributed by atoms with Crippen LogP contribution in [0.3, 0.4) is 0 Å². The lowest BCUT2D eigenvalue weighted by molar-refractivity contribution is 0.0250. The van der Waals surface area contributed by atoms with E-state index in [2.05, 4.69) is 11.4 Å². The van der Waals surface area contributed by atoms with Crippen LogP contribution in [-0.4, -0.2) is 30.5 Å². The first-order chi connectivity index (χ1) is 10.3. The molecular formula is C17H25NO3. The molecule has 4 nitrogen and oxygen atoms in total. The molecule has 2 aliphatic rings. The third-order valence-electron chi connectivity index (χ3n) is 4.42. The van der Waals surface area contributed by atoms with Crippen LogP contribution in [0, 0.1) is 0 Å². The second-order valence-electron chi connectivity index (χ2n) is 6.22. The fourth-order valence-electron chi connectivity index (χ4n) is 3.20. The largest absolute Gasteiger partial charge is 0.486 e. The minimum atomic E-state index is -0.523. The van der Waals surface area contributed by atoms with Gasteiger partial charge in [0.05, 0.1) is 5.60 Å². The molecule has 2 N–H and O–H groups in total. The summed E-state index contributed by atoms with van der Waals surface area (Å²) in [5.41, 5.74) is 0.640. The molecule has 3 rings (SSSR count). The summed E-state index contributed by atoms with van der Waals surface area (Å²) in [6.45, 7) is 2.65. The Balaban J connectivity index is 1.53. The SMILES string of the molecule is OC1(CNCc2ccc3c(c2)OCCO3)CCCCCC1. The second-order valence-corrected chi connectivity index (χ2v) is 6.22. The van der Waals surface area contributed by atoms with Crippen LogP contribution in [0.1, 0.15) is 44.1 Å². The van der Waals surface area contributed by atoms with Crippen molar-refractivity contribution in [3.05, 3.63) is 23.8 Å². The van der Waals surface area contributed by atoms with Crippen LogP contribution in [-0.2, 0) is 6.54 Å². The van der Waals surface area contributed by atoms with Gasteiger partial charge in [0.15, 0.2) is 11.5 Å². The van der Waals surface area contributed by atoms with E-state index in [9.17, 15) is 5.11 Å². The highest BCUT2D eigenvalue weighted by molar-refractivity contribution is 5.43. The summed E-state index contributed by atoms with van der Waals surface area (Å²) in [7, 11) is 0. The number of benzene rings is 1. The van der Waals surface area contributed by atoms with E-state index in [1.807, 2.05) is 12.1 Å². The number of hydrogen-bond acceptors (Lipinski definition) is 4. The minimum absolute atomic E-state index is 0.523. The molecule has 0 spiro atoms. The number of ether oxygens (including phenoxy) is 2. The van der Waals surface area contributed by atoms with Crippen molar-refractivity contribution in [2.75, 3.05) is 19.8 Å². The van der Waals surface area contributed by atoms with Gasteiger partial charge in [0, 0.05) is 13.1 Å². The third kappa shape index (κ3) is 3.89. The van der Waals surface area contributed by atoms with Crippen molar-refractivity contribution in [3.63, 3.8) is 0 Å². The molecule has 1 saturated carbocycles. The first-order valence-corrected chi connectivity index (χ1v) is 8.07. The molecule has 1 fully saturated rings. The van der Waals surface area contributed by atoms with Gasteiger partial charge >= 0.3 is 0 Å². The van der Waals surface area contributed by atoms with E-state index in [1.165, 1.54) is 12.8 Å². The van der Waals surface area contributed by atoms with Gasteiger partial charge in [-0.2, -0.15) is 0 Å². The zero-order valence-corrected chi connectivity index (χ0v) is 12.6. The van der Waals surface area contributed by atoms with Crippen LogP contribution in [0.25, 0.3) is 0 Å². The van der Waals surface area contributed by atoms with E-state index in [1.54, 1.807) is 0 Å². The van der Waals surface area contributed by atoms with E-state index in [-0.39, 0.29) is 0 Å². The summed E-state index contributed by atoms with van der Waals surface area (Å²) in [4.78, 5) is 0. The Morgan fingerprint density at radius 3 is 2.48 bits per heavy atom. The smallest absolute Gasteiger partial charge is 0.161 e. The topological polar surface area (TPSA) is 50.7 Å². The van der Waals surface area contributed by atoms with E-state index >= 15 is 0 Å². The Kier molecular flexibility index (Phi) is 4.66. The van der Waals surface area contributed by atoms with E-state index < -0.39 is 5.60 Å². The van der Waals surface area contributed by atoms with Gasteiger partial charge in [-0.05, 0) is 30.5 Å². The Bertz CT molecular complexity index is 467. The average Bonchev–Trinajstić information content (AvgIpc) is 2.72. The van der Waals surface area contributed by atoms with Crippen LogP contribution in [0.15, 0.2) is 18.2 Å². The summed E-state index contributed by atoms with van der Waals surface area (Å²) in [5.74, 6) is 1.65. The fourth-order valence-corrected chi connectivity index (χ4v) is 3.20. The van der Waals surface area contributed by atoms with Gasteiger partial charge in [-0.15, -0.1) is 0 Å². The molecule has 1 aromatic rings. The first kappa shape index (κ1) is 14.7. The highest BCUT2D eigenvalue weighted by atomic mass is 16.6. The molecule has 0 bridgehead atoms. The van der Waals surface area contributed by atoms with E-state index in [0.717, 1.165) is 49.3 Å². The molecule has 1 aliphatic heterocycles. The molecule has 1 aromatic carbocycles. The van der Waals surface area contributed by atoms with Crippen molar-refractivity contribution in [3.8, 4) is 11.5 Å². The van der Waals surface area contributed by atoms with Crippen LogP contribution >= 0.6 is 0 Å². The molecule has 21 heavy (non-hydrogen) atoms. The van der Waals surface area contributed by atoms with Gasteiger partial charge < -0.3 is 19.9 Å². The Morgan fingerprint density at radius 1 is 1.00 bits per heavy atom. The lowest BCUT2D eigenvalue weighted by Crippen LogP contribution is -2.39. The molecule has 0 amide bonds. The highest BCUT2D eigenvalue weighted by Gasteiger charge is 2.27. The predicted octanol–water partition coefficient (Wildman–Crippen LogP) is 2.63. The number of aliphatic hydroxyl groups is 1. The zero-order valence-electron chi connectivity index (χ0n) is 12.6.